The molecule has 3 N–H and O–H groups in total. The second kappa shape index (κ2) is 11.4. The van der Waals surface area contributed by atoms with Gasteiger partial charge in [-0.1, -0.05) is 26.3 Å². The maximum Gasteiger partial charge on any atom is 0.331 e. The number of aromatic nitrogens is 1. The zero-order chi connectivity index (χ0) is 19.6. The van der Waals surface area contributed by atoms with Gasteiger partial charge in [-0.2, -0.15) is 0 Å². The Bertz CT molecular complexity index is 663. The van der Waals surface area contributed by atoms with Crippen molar-refractivity contribution < 1.29 is 24.5 Å². The van der Waals surface area contributed by atoms with Crippen LogP contribution in [0.15, 0.2) is 35.0 Å². The van der Waals surface area contributed by atoms with Gasteiger partial charge in [-0.25, -0.2) is 9.78 Å². The van der Waals surface area contributed by atoms with E-state index in [1.165, 1.54) is 11.8 Å². The summed E-state index contributed by atoms with van der Waals surface area (Å²) < 4.78 is 12.1. The molecule has 0 saturated carbocycles. The van der Waals surface area contributed by atoms with E-state index in [2.05, 4.69) is 4.98 Å². The van der Waals surface area contributed by atoms with Crippen molar-refractivity contribution in [2.24, 2.45) is 5.92 Å². The monoisotopic (exact) mass is 401 g/mol. The summed E-state index contributed by atoms with van der Waals surface area (Å²) in [5.74, 6) is -0.0668. The number of carboxylic acid groups (broad SMARTS) is 1. The van der Waals surface area contributed by atoms with Crippen LogP contribution in [-0.4, -0.2) is 44.1 Å². The summed E-state index contributed by atoms with van der Waals surface area (Å²) in [5.41, 5.74) is 0.0317. The molecule has 1 unspecified atom stereocenters. The van der Waals surface area contributed by atoms with Crippen LogP contribution >= 0.6 is 19.1 Å². The molecular weight excluding hydrogens is 373 g/mol. The van der Waals surface area contributed by atoms with Crippen LogP contribution in [-0.2, 0) is 9.36 Å². The highest BCUT2D eigenvalue weighted by Crippen LogP contribution is 2.44. The van der Waals surface area contributed by atoms with Gasteiger partial charge in [0.25, 0.3) is 0 Å². The maximum absolute atomic E-state index is 12.1. The summed E-state index contributed by atoms with van der Waals surface area (Å²) >= 11 is 1.49. The Balaban J connectivity index is 2.34. The fourth-order valence-electron chi connectivity index (χ4n) is 2.48. The van der Waals surface area contributed by atoms with Crippen LogP contribution < -0.4 is 0 Å². The first kappa shape index (κ1) is 22.7. The molecule has 0 radical (unpaired) electrons. The molecule has 0 aromatic carbocycles. The van der Waals surface area contributed by atoms with E-state index in [-0.39, 0.29) is 29.6 Å². The molecule has 8 heteroatoms. The summed E-state index contributed by atoms with van der Waals surface area (Å²) in [6.07, 6.45) is 6.29. The molecule has 0 fully saturated rings. The third-order valence-corrected chi connectivity index (χ3v) is 6.79. The fraction of sp³-hybridized carbons (Fsp3) is 0.556. The van der Waals surface area contributed by atoms with E-state index < -0.39 is 13.3 Å². The van der Waals surface area contributed by atoms with Crippen LogP contribution in [0.2, 0.25) is 0 Å². The average molecular weight is 401 g/mol. The van der Waals surface area contributed by atoms with Gasteiger partial charge in [-0.15, -0.1) is 11.8 Å². The number of aliphatic carboxylic acids is 1. The van der Waals surface area contributed by atoms with E-state index in [0.717, 1.165) is 25.0 Å². The quantitative estimate of drug-likeness (QED) is 0.206. The lowest BCUT2D eigenvalue weighted by molar-refractivity contribution is -0.132. The zero-order valence-corrected chi connectivity index (χ0v) is 17.0. The van der Waals surface area contributed by atoms with E-state index in [1.807, 2.05) is 13.8 Å². The van der Waals surface area contributed by atoms with Crippen molar-refractivity contribution in [2.75, 3.05) is 18.1 Å². The van der Waals surface area contributed by atoms with Gasteiger partial charge >= 0.3 is 5.97 Å². The van der Waals surface area contributed by atoms with Gasteiger partial charge in [0.05, 0.1) is 6.16 Å². The first-order valence-electron chi connectivity index (χ1n) is 8.71. The summed E-state index contributed by atoms with van der Waals surface area (Å²) in [5, 5.41) is 19.5. The Kier molecular flexibility index (Phi) is 9.99. The van der Waals surface area contributed by atoms with E-state index >= 15 is 0 Å². The fourth-order valence-corrected chi connectivity index (χ4v) is 5.44. The Labute approximate surface area is 159 Å². The normalized spacial score (nSPS) is 14.4. The van der Waals surface area contributed by atoms with Crippen molar-refractivity contribution in [2.45, 2.75) is 44.6 Å². The second-order valence-electron chi connectivity index (χ2n) is 6.64. The number of rotatable bonds is 12. The van der Waals surface area contributed by atoms with E-state index in [9.17, 15) is 24.5 Å². The average Bonchev–Trinajstić information content (AvgIpc) is 2.52. The van der Waals surface area contributed by atoms with Crippen molar-refractivity contribution >= 4 is 25.1 Å². The molecule has 0 aliphatic heterocycles. The molecule has 0 amide bonds. The topological polar surface area (TPSA) is 108 Å². The number of pyridine rings is 1. The predicted molar refractivity (Wildman–Crippen MR) is 105 cm³/mol. The summed E-state index contributed by atoms with van der Waals surface area (Å²) in [6, 6.07) is 3.28. The van der Waals surface area contributed by atoms with Gasteiger partial charge < -0.3 is 15.1 Å². The summed E-state index contributed by atoms with van der Waals surface area (Å²) in [4.78, 5) is 25.3. The lowest BCUT2D eigenvalue weighted by Crippen LogP contribution is -2.09. The SMILES string of the molecule is CC(C)CP(=O)(O)C/C(=C\CCCCCSc1ncccc1O)C(=O)O. The molecule has 0 saturated heterocycles. The first-order chi connectivity index (χ1) is 12.2. The van der Waals surface area contributed by atoms with Crippen molar-refractivity contribution in [3.05, 3.63) is 30.0 Å². The third-order valence-electron chi connectivity index (χ3n) is 3.57. The molecule has 0 bridgehead atoms. The van der Waals surface area contributed by atoms with Gasteiger partial charge in [0, 0.05) is 17.9 Å². The number of hydrogen-bond donors (Lipinski definition) is 3. The molecule has 1 atom stereocenters. The maximum atomic E-state index is 12.1. The van der Waals surface area contributed by atoms with Crippen molar-refractivity contribution in [1.82, 2.24) is 4.98 Å². The van der Waals surface area contributed by atoms with Gasteiger partial charge in [0.2, 0.25) is 7.37 Å². The molecule has 26 heavy (non-hydrogen) atoms. The molecule has 0 aliphatic rings. The molecule has 1 rings (SSSR count). The number of thioether (sulfide) groups is 1. The van der Waals surface area contributed by atoms with Crippen molar-refractivity contribution in [1.29, 1.82) is 0 Å². The number of carboxylic acids is 1. The number of carbonyl (C=O) groups is 1. The lowest BCUT2D eigenvalue weighted by atomic mass is 10.1. The second-order valence-corrected chi connectivity index (χ2v) is 10.1. The van der Waals surface area contributed by atoms with Crippen LogP contribution in [0.1, 0.15) is 39.5 Å². The summed E-state index contributed by atoms with van der Waals surface area (Å²) in [6.45, 7) is 3.69. The van der Waals surface area contributed by atoms with E-state index in [0.29, 0.717) is 11.4 Å². The van der Waals surface area contributed by atoms with Crippen LogP contribution in [0.25, 0.3) is 0 Å². The molecule has 0 spiro atoms. The van der Waals surface area contributed by atoms with Gasteiger partial charge in [0.1, 0.15) is 10.8 Å². The number of hydrogen-bond acceptors (Lipinski definition) is 5. The Morgan fingerprint density at radius 1 is 1.35 bits per heavy atom. The molecule has 1 aromatic rings. The zero-order valence-electron chi connectivity index (χ0n) is 15.3. The minimum atomic E-state index is -3.45. The van der Waals surface area contributed by atoms with Crippen LogP contribution in [0, 0.1) is 5.92 Å². The number of nitrogens with zero attached hydrogens (tertiary/aromatic N) is 1. The Hall–Kier alpha value is -1.30. The molecule has 6 nitrogen and oxygen atoms in total. The van der Waals surface area contributed by atoms with Gasteiger partial charge in [0.15, 0.2) is 0 Å². The van der Waals surface area contributed by atoms with E-state index in [1.54, 1.807) is 24.4 Å². The van der Waals surface area contributed by atoms with E-state index in [4.69, 9.17) is 0 Å². The number of unbranched alkanes of at least 4 members (excludes halogenated alkanes) is 3. The highest BCUT2D eigenvalue weighted by atomic mass is 32.2. The minimum Gasteiger partial charge on any atom is -0.505 e. The standard InChI is InChI=1S/C18H28NO5PS/c1-14(2)12-25(23,24)13-15(18(21)22)8-5-3-4-6-11-26-17-16(20)9-7-10-19-17/h7-10,14,20H,3-6,11-13H2,1-2H3,(H,21,22)(H,23,24)/b15-8+. The molecule has 146 valence electrons. The van der Waals surface area contributed by atoms with Gasteiger partial charge in [-0.3, -0.25) is 4.57 Å². The van der Waals surface area contributed by atoms with Crippen LogP contribution in [0.5, 0.6) is 5.75 Å². The molecule has 1 heterocycles. The Morgan fingerprint density at radius 3 is 2.69 bits per heavy atom. The molecule has 1 aromatic heterocycles. The summed E-state index contributed by atoms with van der Waals surface area (Å²) in [7, 11) is -3.45. The van der Waals surface area contributed by atoms with Crippen molar-refractivity contribution in [3.63, 3.8) is 0 Å². The minimum absolute atomic E-state index is 0.0317. The number of allylic oxidation sites excluding steroid dienone is 1. The first-order valence-corrected chi connectivity index (χ1v) is 11.7. The largest absolute Gasteiger partial charge is 0.505 e. The van der Waals surface area contributed by atoms with Gasteiger partial charge in [-0.05, 0) is 43.1 Å². The number of aromatic hydroxyl groups is 1. The predicted octanol–water partition coefficient (Wildman–Crippen LogP) is 4.38. The molecule has 0 aliphatic carbocycles. The highest BCUT2D eigenvalue weighted by molar-refractivity contribution is 7.99. The molecular formula is C18H28NO5PS. The Morgan fingerprint density at radius 2 is 2.08 bits per heavy atom. The third kappa shape index (κ3) is 9.41. The smallest absolute Gasteiger partial charge is 0.331 e. The lowest BCUT2D eigenvalue weighted by Gasteiger charge is -2.14. The van der Waals surface area contributed by atoms with Crippen molar-refractivity contribution in [3.8, 4) is 5.75 Å². The van der Waals surface area contributed by atoms with Crippen LogP contribution in [0.3, 0.4) is 0 Å². The highest BCUT2D eigenvalue weighted by Gasteiger charge is 2.24. The van der Waals surface area contributed by atoms with Crippen LogP contribution in [0.4, 0.5) is 0 Å².